The number of rotatable bonds is 4. The summed E-state index contributed by atoms with van der Waals surface area (Å²) >= 11 is 1.39. The van der Waals surface area contributed by atoms with E-state index in [0.717, 1.165) is 12.8 Å². The molecule has 0 radical (unpaired) electrons. The Kier molecular flexibility index (Phi) is 4.57. The van der Waals surface area contributed by atoms with Crippen LogP contribution in [-0.4, -0.2) is 37.4 Å². The molecule has 1 aliphatic carbocycles. The molecule has 0 saturated heterocycles. The third kappa shape index (κ3) is 3.44. The van der Waals surface area contributed by atoms with E-state index < -0.39 is 0 Å². The lowest BCUT2D eigenvalue weighted by atomic mass is 9.95. The highest BCUT2D eigenvalue weighted by atomic mass is 32.2. The summed E-state index contributed by atoms with van der Waals surface area (Å²) < 4.78 is 1.58. The molecule has 1 aliphatic rings. The van der Waals surface area contributed by atoms with E-state index in [1.54, 1.807) is 11.7 Å². The van der Waals surface area contributed by atoms with Gasteiger partial charge in [-0.05, 0) is 30.2 Å². The van der Waals surface area contributed by atoms with Gasteiger partial charge < -0.3 is 5.32 Å². The third-order valence-electron chi connectivity index (χ3n) is 3.18. The molecule has 1 N–H and O–H groups in total. The Labute approximate surface area is 111 Å². The van der Waals surface area contributed by atoms with Gasteiger partial charge in [-0.15, -0.1) is 5.10 Å². The first kappa shape index (κ1) is 13.3. The molecule has 100 valence electrons. The Morgan fingerprint density at radius 2 is 2.17 bits per heavy atom. The molecule has 18 heavy (non-hydrogen) atoms. The first-order chi connectivity index (χ1) is 8.66. The van der Waals surface area contributed by atoms with Crippen LogP contribution in [0.25, 0.3) is 0 Å². The van der Waals surface area contributed by atoms with E-state index in [-0.39, 0.29) is 11.2 Å². The normalized spacial score (nSPS) is 18.6. The molecule has 1 amide bonds. The highest BCUT2D eigenvalue weighted by Gasteiger charge is 2.21. The number of amides is 1. The van der Waals surface area contributed by atoms with Gasteiger partial charge in [0.15, 0.2) is 0 Å². The quantitative estimate of drug-likeness (QED) is 0.830. The largest absolute Gasteiger partial charge is 0.352 e. The molecular weight excluding hydrogens is 250 g/mol. The fourth-order valence-corrected chi connectivity index (χ4v) is 2.86. The Bertz CT molecular complexity index is 402. The van der Waals surface area contributed by atoms with Crippen molar-refractivity contribution in [1.82, 2.24) is 25.5 Å². The van der Waals surface area contributed by atoms with E-state index in [0.29, 0.717) is 11.2 Å². The van der Waals surface area contributed by atoms with Crippen molar-refractivity contribution in [2.24, 2.45) is 7.05 Å². The Morgan fingerprint density at radius 1 is 1.44 bits per heavy atom. The van der Waals surface area contributed by atoms with Crippen LogP contribution in [0.15, 0.2) is 5.16 Å². The Hall–Kier alpha value is -1.11. The van der Waals surface area contributed by atoms with Gasteiger partial charge in [-0.2, -0.15) is 0 Å². The van der Waals surface area contributed by atoms with Gasteiger partial charge in [0.25, 0.3) is 0 Å². The Balaban J connectivity index is 1.83. The molecule has 1 fully saturated rings. The van der Waals surface area contributed by atoms with Crippen molar-refractivity contribution in [2.75, 3.05) is 0 Å². The summed E-state index contributed by atoms with van der Waals surface area (Å²) in [5, 5.41) is 14.8. The topological polar surface area (TPSA) is 72.7 Å². The zero-order chi connectivity index (χ0) is 13.0. The maximum Gasteiger partial charge on any atom is 0.233 e. The lowest BCUT2D eigenvalue weighted by Gasteiger charge is -2.24. The molecule has 1 aromatic heterocycles. The summed E-state index contributed by atoms with van der Waals surface area (Å²) in [5.41, 5.74) is 0. The number of thioether (sulfide) groups is 1. The number of nitrogens with zero attached hydrogens (tertiary/aromatic N) is 4. The van der Waals surface area contributed by atoms with E-state index in [2.05, 4.69) is 20.8 Å². The van der Waals surface area contributed by atoms with Crippen molar-refractivity contribution in [3.05, 3.63) is 0 Å². The van der Waals surface area contributed by atoms with E-state index in [1.807, 2.05) is 6.92 Å². The smallest absolute Gasteiger partial charge is 0.233 e. The van der Waals surface area contributed by atoms with E-state index in [9.17, 15) is 4.79 Å². The summed E-state index contributed by atoms with van der Waals surface area (Å²) in [6.45, 7) is 1.89. The molecule has 1 atom stereocenters. The predicted molar refractivity (Wildman–Crippen MR) is 69.1 cm³/mol. The fraction of sp³-hybridized carbons (Fsp3) is 0.818. The zero-order valence-electron chi connectivity index (χ0n) is 10.8. The van der Waals surface area contributed by atoms with Crippen molar-refractivity contribution in [3.8, 4) is 0 Å². The lowest BCUT2D eigenvalue weighted by Crippen LogP contribution is -2.40. The summed E-state index contributed by atoms with van der Waals surface area (Å²) in [4.78, 5) is 12.0. The van der Waals surface area contributed by atoms with Crippen molar-refractivity contribution in [3.63, 3.8) is 0 Å². The number of tetrazole rings is 1. The molecule has 1 unspecified atom stereocenters. The second kappa shape index (κ2) is 6.17. The molecule has 1 aromatic rings. The number of hydrogen-bond donors (Lipinski definition) is 1. The third-order valence-corrected chi connectivity index (χ3v) is 4.31. The lowest BCUT2D eigenvalue weighted by molar-refractivity contribution is -0.121. The summed E-state index contributed by atoms with van der Waals surface area (Å²) in [5.74, 6) is 0.0786. The summed E-state index contributed by atoms with van der Waals surface area (Å²) in [6, 6.07) is 0.354. The first-order valence-electron chi connectivity index (χ1n) is 6.36. The molecule has 0 spiro atoms. The molecule has 1 saturated carbocycles. The van der Waals surface area contributed by atoms with Crippen molar-refractivity contribution in [1.29, 1.82) is 0 Å². The average Bonchev–Trinajstić information content (AvgIpc) is 2.76. The SMILES string of the molecule is CC(Sc1nnnn1C)C(=O)NC1CCCCC1. The van der Waals surface area contributed by atoms with Crippen LogP contribution in [0.5, 0.6) is 0 Å². The van der Waals surface area contributed by atoms with Crippen LogP contribution < -0.4 is 5.32 Å². The number of carbonyl (C=O) groups is 1. The summed E-state index contributed by atoms with van der Waals surface area (Å²) in [6.07, 6.45) is 5.95. The number of carbonyl (C=O) groups excluding carboxylic acids is 1. The number of nitrogens with one attached hydrogen (secondary N) is 1. The van der Waals surface area contributed by atoms with Gasteiger partial charge in [0.05, 0.1) is 5.25 Å². The van der Waals surface area contributed by atoms with Crippen LogP contribution in [0.1, 0.15) is 39.0 Å². The predicted octanol–water partition coefficient (Wildman–Crippen LogP) is 1.14. The molecule has 7 heteroatoms. The van der Waals surface area contributed by atoms with Crippen molar-refractivity contribution < 1.29 is 4.79 Å². The van der Waals surface area contributed by atoms with Gasteiger partial charge in [-0.3, -0.25) is 4.79 Å². The standard InChI is InChI=1S/C11H19N5OS/c1-8(18-11-13-14-15-16(11)2)10(17)12-9-6-4-3-5-7-9/h8-9H,3-7H2,1-2H3,(H,12,17). The molecule has 6 nitrogen and oxygen atoms in total. The fourth-order valence-electron chi connectivity index (χ4n) is 2.10. The number of aryl methyl sites for hydroxylation is 1. The molecule has 0 aliphatic heterocycles. The molecule has 0 aromatic carbocycles. The maximum absolute atomic E-state index is 12.0. The van der Waals surface area contributed by atoms with Crippen molar-refractivity contribution >= 4 is 17.7 Å². The van der Waals surface area contributed by atoms with Crippen LogP contribution in [0.2, 0.25) is 0 Å². The minimum absolute atomic E-state index is 0.0786. The highest BCUT2D eigenvalue weighted by Crippen LogP contribution is 2.21. The number of aromatic nitrogens is 4. The monoisotopic (exact) mass is 269 g/mol. The van der Waals surface area contributed by atoms with Gasteiger partial charge in [-0.1, -0.05) is 31.0 Å². The van der Waals surface area contributed by atoms with Crippen LogP contribution in [0.4, 0.5) is 0 Å². The second-order valence-electron chi connectivity index (χ2n) is 4.69. The second-order valence-corrected chi connectivity index (χ2v) is 6.00. The van der Waals surface area contributed by atoms with Gasteiger partial charge in [-0.25, -0.2) is 4.68 Å². The first-order valence-corrected chi connectivity index (χ1v) is 7.24. The van der Waals surface area contributed by atoms with Gasteiger partial charge in [0.2, 0.25) is 11.1 Å². The molecule has 2 rings (SSSR count). The van der Waals surface area contributed by atoms with E-state index in [1.165, 1.54) is 31.0 Å². The van der Waals surface area contributed by atoms with Crippen molar-refractivity contribution in [2.45, 2.75) is 55.5 Å². The average molecular weight is 269 g/mol. The van der Waals surface area contributed by atoms with Crippen LogP contribution in [-0.2, 0) is 11.8 Å². The maximum atomic E-state index is 12.0. The summed E-state index contributed by atoms with van der Waals surface area (Å²) in [7, 11) is 1.77. The van der Waals surface area contributed by atoms with E-state index in [4.69, 9.17) is 0 Å². The van der Waals surface area contributed by atoms with E-state index >= 15 is 0 Å². The van der Waals surface area contributed by atoms with Gasteiger partial charge in [0, 0.05) is 13.1 Å². The van der Waals surface area contributed by atoms with Crippen LogP contribution >= 0.6 is 11.8 Å². The van der Waals surface area contributed by atoms with Crippen LogP contribution in [0, 0.1) is 0 Å². The molecule has 0 bridgehead atoms. The molecular formula is C11H19N5OS. The Morgan fingerprint density at radius 3 is 2.78 bits per heavy atom. The minimum Gasteiger partial charge on any atom is -0.352 e. The number of hydrogen-bond acceptors (Lipinski definition) is 5. The minimum atomic E-state index is -0.170. The van der Waals surface area contributed by atoms with Crippen LogP contribution in [0.3, 0.4) is 0 Å². The van der Waals surface area contributed by atoms with Gasteiger partial charge in [0.1, 0.15) is 0 Å². The van der Waals surface area contributed by atoms with Gasteiger partial charge >= 0.3 is 0 Å². The molecule has 1 heterocycles. The highest BCUT2D eigenvalue weighted by molar-refractivity contribution is 8.00. The zero-order valence-corrected chi connectivity index (χ0v) is 11.6.